The van der Waals surface area contributed by atoms with E-state index in [9.17, 15) is 4.39 Å². The maximum Gasteiger partial charge on any atom is 0.190 e. The molecule has 7 heteroatoms. The maximum atomic E-state index is 13.1. The highest BCUT2D eigenvalue weighted by atomic mass is 32.2. The molecule has 0 spiro atoms. The van der Waals surface area contributed by atoms with Crippen molar-refractivity contribution in [1.82, 2.24) is 9.97 Å². The SMILES string of the molecule is COc1cc(Nc2nc(SCc3ccc(F)cc3)nc3ccccc23)cc(OC)c1. The minimum atomic E-state index is -0.245. The van der Waals surface area contributed by atoms with Crippen LogP contribution < -0.4 is 14.8 Å². The number of halogens is 1. The number of rotatable bonds is 7. The first-order valence-electron chi connectivity index (χ1n) is 9.29. The molecule has 0 saturated carbocycles. The predicted molar refractivity (Wildman–Crippen MR) is 118 cm³/mol. The second-order valence-electron chi connectivity index (χ2n) is 6.51. The van der Waals surface area contributed by atoms with Gasteiger partial charge in [-0.15, -0.1) is 0 Å². The molecule has 152 valence electrons. The number of para-hydroxylation sites is 1. The van der Waals surface area contributed by atoms with Crippen molar-refractivity contribution in [2.45, 2.75) is 10.9 Å². The average molecular weight is 421 g/mol. The van der Waals surface area contributed by atoms with E-state index in [1.165, 1.54) is 23.9 Å². The standard InChI is InChI=1S/C23H20FN3O2S/c1-28-18-11-17(12-19(13-18)29-2)25-22-20-5-3-4-6-21(20)26-23(27-22)30-14-15-7-9-16(24)10-8-15/h3-13H,14H2,1-2H3,(H,25,26,27). The summed E-state index contributed by atoms with van der Waals surface area (Å²) in [5.74, 6) is 2.45. The third-order valence-electron chi connectivity index (χ3n) is 4.48. The lowest BCUT2D eigenvalue weighted by molar-refractivity contribution is 0.395. The van der Waals surface area contributed by atoms with Crippen LogP contribution in [-0.4, -0.2) is 24.2 Å². The second-order valence-corrected chi connectivity index (χ2v) is 7.46. The lowest BCUT2D eigenvalue weighted by Gasteiger charge is -2.13. The minimum Gasteiger partial charge on any atom is -0.497 e. The number of hydrogen-bond acceptors (Lipinski definition) is 6. The molecule has 0 radical (unpaired) electrons. The van der Waals surface area contributed by atoms with Gasteiger partial charge < -0.3 is 14.8 Å². The van der Waals surface area contributed by atoms with Crippen LogP contribution in [0.5, 0.6) is 11.5 Å². The summed E-state index contributed by atoms with van der Waals surface area (Å²) in [5, 5.41) is 4.91. The molecule has 0 aliphatic heterocycles. The number of anilines is 2. The molecule has 30 heavy (non-hydrogen) atoms. The van der Waals surface area contributed by atoms with E-state index in [1.54, 1.807) is 26.4 Å². The highest BCUT2D eigenvalue weighted by Crippen LogP contribution is 2.31. The van der Waals surface area contributed by atoms with Crippen molar-refractivity contribution in [2.24, 2.45) is 0 Å². The zero-order valence-corrected chi connectivity index (χ0v) is 17.4. The summed E-state index contributed by atoms with van der Waals surface area (Å²) in [6, 6.07) is 19.9. The van der Waals surface area contributed by atoms with Crippen molar-refractivity contribution < 1.29 is 13.9 Å². The lowest BCUT2D eigenvalue weighted by Crippen LogP contribution is -2.00. The van der Waals surface area contributed by atoms with E-state index in [-0.39, 0.29) is 5.82 Å². The van der Waals surface area contributed by atoms with E-state index >= 15 is 0 Å². The summed E-state index contributed by atoms with van der Waals surface area (Å²) in [7, 11) is 3.23. The van der Waals surface area contributed by atoms with Crippen molar-refractivity contribution in [2.75, 3.05) is 19.5 Å². The van der Waals surface area contributed by atoms with Crippen LogP contribution in [0, 0.1) is 5.82 Å². The van der Waals surface area contributed by atoms with Gasteiger partial charge in [-0.05, 0) is 29.8 Å². The number of aromatic nitrogens is 2. The number of methoxy groups -OCH3 is 2. The lowest BCUT2D eigenvalue weighted by atomic mass is 10.2. The highest BCUT2D eigenvalue weighted by Gasteiger charge is 2.10. The smallest absolute Gasteiger partial charge is 0.190 e. The van der Waals surface area contributed by atoms with Crippen molar-refractivity contribution in [1.29, 1.82) is 0 Å². The summed E-state index contributed by atoms with van der Waals surface area (Å²) in [6.07, 6.45) is 0. The molecule has 1 heterocycles. The van der Waals surface area contributed by atoms with Crippen molar-refractivity contribution in [3.8, 4) is 11.5 Å². The number of nitrogens with zero attached hydrogens (tertiary/aromatic N) is 2. The van der Waals surface area contributed by atoms with Crippen LogP contribution in [-0.2, 0) is 5.75 Å². The van der Waals surface area contributed by atoms with Gasteiger partial charge in [-0.1, -0.05) is 36.0 Å². The third kappa shape index (κ3) is 4.63. The molecule has 0 atom stereocenters. The van der Waals surface area contributed by atoms with E-state index in [0.29, 0.717) is 28.2 Å². The quantitative estimate of drug-likeness (QED) is 0.300. The Kier molecular flexibility index (Phi) is 5.99. The normalized spacial score (nSPS) is 10.8. The molecule has 5 nitrogen and oxygen atoms in total. The van der Waals surface area contributed by atoms with Gasteiger partial charge in [0.2, 0.25) is 0 Å². The molecular formula is C23H20FN3O2S. The van der Waals surface area contributed by atoms with Crippen molar-refractivity contribution in [3.63, 3.8) is 0 Å². The van der Waals surface area contributed by atoms with E-state index in [2.05, 4.69) is 10.3 Å². The predicted octanol–water partition coefficient (Wildman–Crippen LogP) is 5.82. The number of benzene rings is 3. The Morgan fingerprint density at radius 1 is 0.900 bits per heavy atom. The molecule has 0 aliphatic rings. The minimum absolute atomic E-state index is 0.245. The van der Waals surface area contributed by atoms with E-state index in [4.69, 9.17) is 14.5 Å². The third-order valence-corrected chi connectivity index (χ3v) is 5.40. The van der Waals surface area contributed by atoms with Gasteiger partial charge in [-0.25, -0.2) is 14.4 Å². The maximum absolute atomic E-state index is 13.1. The van der Waals surface area contributed by atoms with Crippen LogP contribution >= 0.6 is 11.8 Å². The van der Waals surface area contributed by atoms with Gasteiger partial charge in [-0.2, -0.15) is 0 Å². The Labute approximate surface area is 178 Å². The van der Waals surface area contributed by atoms with Crippen molar-refractivity contribution >= 4 is 34.2 Å². The Balaban J connectivity index is 1.66. The first kappa shape index (κ1) is 20.0. The Morgan fingerprint density at radius 2 is 1.60 bits per heavy atom. The Morgan fingerprint density at radius 3 is 2.30 bits per heavy atom. The van der Waals surface area contributed by atoms with Gasteiger partial charge in [0.05, 0.1) is 19.7 Å². The Hall–Kier alpha value is -3.32. The molecule has 3 aromatic carbocycles. The molecule has 4 aromatic rings. The second kappa shape index (κ2) is 9.00. The summed E-state index contributed by atoms with van der Waals surface area (Å²) in [6.45, 7) is 0. The molecule has 0 amide bonds. The fourth-order valence-electron chi connectivity index (χ4n) is 2.96. The summed E-state index contributed by atoms with van der Waals surface area (Å²) < 4.78 is 23.9. The summed E-state index contributed by atoms with van der Waals surface area (Å²) >= 11 is 1.50. The molecule has 1 N–H and O–H groups in total. The van der Waals surface area contributed by atoms with Gasteiger partial charge in [-0.3, -0.25) is 0 Å². The molecule has 4 rings (SSSR count). The van der Waals surface area contributed by atoms with Crippen LogP contribution in [0.25, 0.3) is 10.9 Å². The number of thioether (sulfide) groups is 1. The zero-order valence-electron chi connectivity index (χ0n) is 16.6. The topological polar surface area (TPSA) is 56.3 Å². The number of fused-ring (bicyclic) bond motifs is 1. The fraction of sp³-hybridized carbons (Fsp3) is 0.130. The van der Waals surface area contributed by atoms with Gasteiger partial charge in [0.15, 0.2) is 5.16 Å². The first-order valence-corrected chi connectivity index (χ1v) is 10.3. The van der Waals surface area contributed by atoms with Crippen LogP contribution in [0.3, 0.4) is 0 Å². The molecular weight excluding hydrogens is 401 g/mol. The van der Waals surface area contributed by atoms with Crippen molar-refractivity contribution in [3.05, 3.63) is 78.1 Å². The molecule has 0 unspecified atom stereocenters. The fourth-order valence-corrected chi connectivity index (χ4v) is 3.77. The van der Waals surface area contributed by atoms with Crippen LogP contribution in [0.15, 0.2) is 71.9 Å². The Bertz CT molecular complexity index is 1150. The molecule has 0 fully saturated rings. The number of ether oxygens (including phenoxy) is 2. The zero-order chi connectivity index (χ0) is 20.9. The van der Waals surface area contributed by atoms with Gasteiger partial charge >= 0.3 is 0 Å². The van der Waals surface area contributed by atoms with Crippen LogP contribution in [0.2, 0.25) is 0 Å². The average Bonchev–Trinajstić information content (AvgIpc) is 2.78. The van der Waals surface area contributed by atoms with E-state index in [0.717, 1.165) is 22.2 Å². The molecule has 0 aliphatic carbocycles. The van der Waals surface area contributed by atoms with Crippen LogP contribution in [0.1, 0.15) is 5.56 Å². The van der Waals surface area contributed by atoms with Gasteiger partial charge in [0.1, 0.15) is 23.1 Å². The summed E-state index contributed by atoms with van der Waals surface area (Å²) in [4.78, 5) is 9.39. The molecule has 1 aromatic heterocycles. The first-order chi connectivity index (χ1) is 14.6. The van der Waals surface area contributed by atoms with Crippen LogP contribution in [0.4, 0.5) is 15.9 Å². The monoisotopic (exact) mass is 421 g/mol. The number of nitrogens with one attached hydrogen (secondary N) is 1. The largest absolute Gasteiger partial charge is 0.497 e. The number of hydrogen-bond donors (Lipinski definition) is 1. The van der Waals surface area contributed by atoms with Gasteiger partial charge in [0, 0.05) is 35.0 Å². The molecule has 0 saturated heterocycles. The van der Waals surface area contributed by atoms with E-state index in [1.807, 2.05) is 42.5 Å². The molecule has 0 bridgehead atoms. The highest BCUT2D eigenvalue weighted by molar-refractivity contribution is 7.98. The van der Waals surface area contributed by atoms with E-state index < -0.39 is 0 Å². The summed E-state index contributed by atoms with van der Waals surface area (Å²) in [5.41, 5.74) is 2.64. The van der Waals surface area contributed by atoms with Gasteiger partial charge in [0.25, 0.3) is 0 Å².